The lowest BCUT2D eigenvalue weighted by Gasteiger charge is -2.14. The van der Waals surface area contributed by atoms with E-state index in [4.69, 9.17) is 9.47 Å². The number of hydrazone groups is 1. The van der Waals surface area contributed by atoms with Crippen molar-refractivity contribution < 1.29 is 19.3 Å². The van der Waals surface area contributed by atoms with Crippen LogP contribution in [0.4, 0.5) is 17.2 Å². The summed E-state index contributed by atoms with van der Waals surface area (Å²) in [6.07, 6.45) is 2.89. The van der Waals surface area contributed by atoms with Crippen LogP contribution in [0.25, 0.3) is 0 Å². The van der Waals surface area contributed by atoms with Crippen LogP contribution in [0.15, 0.2) is 64.3 Å². The number of nitrogens with one attached hydrogen (secondary N) is 1. The number of anilines is 1. The maximum Gasteiger partial charge on any atom is 0.313 e. The van der Waals surface area contributed by atoms with Crippen LogP contribution in [0.3, 0.4) is 0 Å². The first-order chi connectivity index (χ1) is 15.9. The van der Waals surface area contributed by atoms with Crippen molar-refractivity contribution in [2.75, 3.05) is 12.0 Å². The van der Waals surface area contributed by atoms with Gasteiger partial charge in [0, 0.05) is 24.4 Å². The zero-order valence-electron chi connectivity index (χ0n) is 17.3. The van der Waals surface area contributed by atoms with Crippen molar-refractivity contribution in [2.24, 2.45) is 5.10 Å². The smallest absolute Gasteiger partial charge is 0.313 e. The van der Waals surface area contributed by atoms with Crippen molar-refractivity contribution in [3.63, 3.8) is 0 Å². The van der Waals surface area contributed by atoms with Gasteiger partial charge in [-0.05, 0) is 64.3 Å². The number of non-ortho nitro benzene ring substituents is 1. The fourth-order valence-electron chi connectivity index (χ4n) is 2.73. The number of hydrogen-bond donors (Lipinski definition) is 1. The molecule has 33 heavy (non-hydrogen) atoms. The summed E-state index contributed by atoms with van der Waals surface area (Å²) in [5.41, 5.74) is 3.77. The van der Waals surface area contributed by atoms with Gasteiger partial charge in [0.1, 0.15) is 6.61 Å². The minimum absolute atomic E-state index is 0.00298. The number of benzene rings is 2. The Hall–Kier alpha value is -4.06. The predicted molar refractivity (Wildman–Crippen MR) is 125 cm³/mol. The van der Waals surface area contributed by atoms with Crippen molar-refractivity contribution in [3.05, 3.63) is 90.6 Å². The lowest BCUT2D eigenvalue weighted by molar-refractivity contribution is -0.384. The van der Waals surface area contributed by atoms with Crippen molar-refractivity contribution in [2.45, 2.75) is 13.5 Å². The molecule has 1 heterocycles. The van der Waals surface area contributed by atoms with Gasteiger partial charge in [-0.3, -0.25) is 25.7 Å². The third-order valence-electron chi connectivity index (χ3n) is 4.23. The lowest BCUT2D eigenvalue weighted by Crippen LogP contribution is -2.02. The molecule has 0 spiro atoms. The first-order valence-corrected chi connectivity index (χ1v) is 10.4. The van der Waals surface area contributed by atoms with Gasteiger partial charge in [-0.2, -0.15) is 5.10 Å². The Morgan fingerprint density at radius 2 is 1.88 bits per heavy atom. The van der Waals surface area contributed by atoms with Crippen LogP contribution in [0.1, 0.15) is 18.1 Å². The Labute approximate surface area is 196 Å². The molecule has 12 heteroatoms. The largest absolute Gasteiger partial charge is 0.490 e. The van der Waals surface area contributed by atoms with Gasteiger partial charge in [-0.1, -0.05) is 0 Å². The van der Waals surface area contributed by atoms with Gasteiger partial charge >= 0.3 is 5.69 Å². The van der Waals surface area contributed by atoms with Crippen LogP contribution in [-0.2, 0) is 6.61 Å². The Balaban J connectivity index is 1.75. The lowest BCUT2D eigenvalue weighted by atomic mass is 10.2. The summed E-state index contributed by atoms with van der Waals surface area (Å²) in [5, 5.41) is 25.9. The number of hydrogen-bond acceptors (Lipinski definition) is 9. The minimum Gasteiger partial charge on any atom is -0.490 e. The summed E-state index contributed by atoms with van der Waals surface area (Å²) in [7, 11) is 0. The molecule has 0 aliphatic heterocycles. The molecule has 11 nitrogen and oxygen atoms in total. The first-order valence-electron chi connectivity index (χ1n) is 9.60. The molecule has 0 aliphatic rings. The van der Waals surface area contributed by atoms with E-state index in [1.165, 1.54) is 36.7 Å². The number of nitrogens with zero attached hydrogens (tertiary/aromatic N) is 4. The van der Waals surface area contributed by atoms with Gasteiger partial charge in [-0.15, -0.1) is 0 Å². The second kappa shape index (κ2) is 11.0. The van der Waals surface area contributed by atoms with Gasteiger partial charge in [0.05, 0.1) is 27.1 Å². The molecule has 0 saturated carbocycles. The summed E-state index contributed by atoms with van der Waals surface area (Å²) in [4.78, 5) is 24.8. The number of ether oxygens (including phenoxy) is 2. The van der Waals surface area contributed by atoms with Crippen molar-refractivity contribution in [3.8, 4) is 11.5 Å². The second-order valence-electron chi connectivity index (χ2n) is 6.47. The van der Waals surface area contributed by atoms with E-state index in [1.54, 1.807) is 24.3 Å². The number of pyridine rings is 1. The second-order valence-corrected chi connectivity index (χ2v) is 7.33. The minimum atomic E-state index is -0.550. The molecule has 0 aliphatic carbocycles. The van der Waals surface area contributed by atoms with Crippen LogP contribution in [0, 0.1) is 20.2 Å². The molecule has 2 aromatic carbocycles. The molecule has 0 fully saturated rings. The molecular formula is C21H18BrN5O6. The molecule has 3 rings (SSSR count). The standard InChI is InChI=1S/C21H18BrN5O6/c1-2-32-19-11-15(12-24-25-21-18(27(30)31)4-3-9-23-21)10-17(22)20(19)33-13-14-5-7-16(8-6-14)26(28)29/h3-12H,2,13H2,1H3,(H,23,25)/b24-12-. The fraction of sp³-hybridized carbons (Fsp3) is 0.143. The topological polar surface area (TPSA) is 142 Å². The highest BCUT2D eigenvalue weighted by molar-refractivity contribution is 9.10. The maximum absolute atomic E-state index is 11.1. The Morgan fingerprint density at radius 3 is 2.55 bits per heavy atom. The molecular weight excluding hydrogens is 498 g/mol. The molecule has 1 aromatic heterocycles. The third-order valence-corrected chi connectivity index (χ3v) is 4.82. The predicted octanol–water partition coefficient (Wildman–Crippen LogP) is 5.08. The summed E-state index contributed by atoms with van der Waals surface area (Å²) in [6, 6.07) is 12.3. The molecule has 1 N–H and O–H groups in total. The van der Waals surface area contributed by atoms with Gasteiger partial charge in [0.25, 0.3) is 5.69 Å². The van der Waals surface area contributed by atoms with Crippen LogP contribution in [0.5, 0.6) is 11.5 Å². The summed E-state index contributed by atoms with van der Waals surface area (Å²) >= 11 is 3.46. The van der Waals surface area contributed by atoms with Crippen LogP contribution in [-0.4, -0.2) is 27.7 Å². The Morgan fingerprint density at radius 1 is 1.12 bits per heavy atom. The van der Waals surface area contributed by atoms with E-state index in [9.17, 15) is 20.2 Å². The van der Waals surface area contributed by atoms with Crippen LogP contribution >= 0.6 is 15.9 Å². The Bertz CT molecular complexity index is 1190. The normalized spacial score (nSPS) is 10.7. The average Bonchev–Trinajstić information content (AvgIpc) is 2.79. The first kappa shape index (κ1) is 23.6. The molecule has 0 saturated heterocycles. The Kier molecular flexibility index (Phi) is 7.86. The molecule has 0 atom stereocenters. The van der Waals surface area contributed by atoms with Crippen LogP contribution < -0.4 is 14.9 Å². The van der Waals surface area contributed by atoms with E-state index in [0.717, 1.165) is 5.56 Å². The highest BCUT2D eigenvalue weighted by Gasteiger charge is 2.14. The van der Waals surface area contributed by atoms with Gasteiger partial charge < -0.3 is 9.47 Å². The maximum atomic E-state index is 11.1. The highest BCUT2D eigenvalue weighted by atomic mass is 79.9. The number of rotatable bonds is 10. The average molecular weight is 516 g/mol. The van der Waals surface area contributed by atoms with Crippen LogP contribution in [0.2, 0.25) is 0 Å². The zero-order valence-corrected chi connectivity index (χ0v) is 18.9. The summed E-state index contributed by atoms with van der Waals surface area (Å²) in [6.45, 7) is 2.39. The van der Waals surface area contributed by atoms with Crippen molar-refractivity contribution >= 4 is 39.3 Å². The van der Waals surface area contributed by atoms with E-state index in [-0.39, 0.29) is 23.8 Å². The van der Waals surface area contributed by atoms with Gasteiger partial charge in [-0.25, -0.2) is 4.98 Å². The number of nitro groups is 2. The molecule has 0 radical (unpaired) electrons. The molecule has 3 aromatic rings. The number of halogens is 1. The van der Waals surface area contributed by atoms with E-state index in [0.29, 0.717) is 28.1 Å². The van der Waals surface area contributed by atoms with E-state index < -0.39 is 9.85 Å². The van der Waals surface area contributed by atoms with E-state index in [2.05, 4.69) is 31.4 Å². The number of aromatic nitrogens is 1. The van der Waals surface area contributed by atoms with E-state index in [1.807, 2.05) is 6.92 Å². The third kappa shape index (κ3) is 6.23. The highest BCUT2D eigenvalue weighted by Crippen LogP contribution is 2.37. The van der Waals surface area contributed by atoms with Gasteiger partial charge in [0.2, 0.25) is 5.82 Å². The molecule has 0 unspecified atom stereocenters. The van der Waals surface area contributed by atoms with E-state index >= 15 is 0 Å². The summed E-state index contributed by atoms with van der Waals surface area (Å²) < 4.78 is 12.2. The monoisotopic (exact) mass is 515 g/mol. The van der Waals surface area contributed by atoms with Gasteiger partial charge in [0.15, 0.2) is 11.5 Å². The summed E-state index contributed by atoms with van der Waals surface area (Å²) in [5.74, 6) is 0.936. The SMILES string of the molecule is CCOc1cc(/C=N\Nc2ncccc2[N+](=O)[O-])cc(Br)c1OCc1ccc([N+](=O)[O-])cc1. The molecule has 170 valence electrons. The quantitative estimate of drug-likeness (QED) is 0.223. The fourth-order valence-corrected chi connectivity index (χ4v) is 3.31. The molecule has 0 amide bonds. The van der Waals surface area contributed by atoms with Crippen molar-refractivity contribution in [1.29, 1.82) is 0 Å². The molecule has 0 bridgehead atoms. The zero-order chi connectivity index (χ0) is 23.8. The van der Waals surface area contributed by atoms with Crippen molar-refractivity contribution in [1.82, 2.24) is 4.98 Å². The number of nitro benzene ring substituents is 1.